The van der Waals surface area contributed by atoms with Gasteiger partial charge in [-0.2, -0.15) is 5.10 Å². The Kier molecular flexibility index (Phi) is 5.33. The maximum atomic E-state index is 13.6. The number of aryl methyl sites for hydroxylation is 2. The summed E-state index contributed by atoms with van der Waals surface area (Å²) in [6.07, 6.45) is 4.07. The van der Waals surface area contributed by atoms with Gasteiger partial charge in [-0.1, -0.05) is 18.9 Å². The van der Waals surface area contributed by atoms with E-state index in [4.69, 9.17) is 4.74 Å². The van der Waals surface area contributed by atoms with Crippen LogP contribution in [0, 0.1) is 13.8 Å². The third kappa shape index (κ3) is 3.60. The Morgan fingerprint density at radius 3 is 2.52 bits per heavy atom. The molecule has 1 saturated carbocycles. The van der Waals surface area contributed by atoms with E-state index < -0.39 is 11.5 Å². The maximum Gasteiger partial charge on any atom is 0.358 e. The van der Waals surface area contributed by atoms with Crippen LogP contribution in [0.1, 0.15) is 64.7 Å². The highest BCUT2D eigenvalue weighted by molar-refractivity contribution is 6.12. The van der Waals surface area contributed by atoms with E-state index in [9.17, 15) is 14.4 Å². The van der Waals surface area contributed by atoms with Crippen LogP contribution in [0.2, 0.25) is 0 Å². The lowest BCUT2D eigenvalue weighted by Gasteiger charge is -2.43. The van der Waals surface area contributed by atoms with Gasteiger partial charge in [0.1, 0.15) is 11.2 Å². The molecule has 2 amide bonds. The van der Waals surface area contributed by atoms with Crippen molar-refractivity contribution in [2.45, 2.75) is 64.6 Å². The fourth-order valence-electron chi connectivity index (χ4n) is 4.47. The van der Waals surface area contributed by atoms with Gasteiger partial charge in [0.05, 0.1) is 13.7 Å². The molecule has 1 fully saturated rings. The van der Waals surface area contributed by atoms with Crippen LogP contribution < -0.4 is 10.2 Å². The lowest BCUT2D eigenvalue weighted by molar-refractivity contribution is -0.127. The lowest BCUT2D eigenvalue weighted by Crippen LogP contribution is -2.65. The van der Waals surface area contributed by atoms with Gasteiger partial charge in [0, 0.05) is 17.8 Å². The first kappa shape index (κ1) is 21.1. The zero-order chi connectivity index (χ0) is 22.3. The summed E-state index contributed by atoms with van der Waals surface area (Å²) in [5.41, 5.74) is 1.87. The van der Waals surface area contributed by atoms with Crippen molar-refractivity contribution >= 4 is 23.5 Å². The predicted octanol–water partition coefficient (Wildman–Crippen LogP) is 2.76. The van der Waals surface area contributed by atoms with E-state index in [0.717, 1.165) is 36.8 Å². The molecule has 1 aliphatic heterocycles. The number of hydrogen-bond acceptors (Lipinski definition) is 5. The van der Waals surface area contributed by atoms with Gasteiger partial charge in [-0.25, -0.2) is 4.79 Å². The highest BCUT2D eigenvalue weighted by atomic mass is 16.5. The van der Waals surface area contributed by atoms with Crippen LogP contribution in [-0.4, -0.2) is 46.3 Å². The van der Waals surface area contributed by atoms with Crippen molar-refractivity contribution in [2.24, 2.45) is 0 Å². The number of fused-ring (bicyclic) bond motifs is 1. The van der Waals surface area contributed by atoms with Crippen LogP contribution in [0.4, 0.5) is 5.69 Å². The molecule has 0 saturated heterocycles. The second-order valence-corrected chi connectivity index (χ2v) is 8.70. The summed E-state index contributed by atoms with van der Waals surface area (Å²) in [5.74, 6) is -1.21. The maximum absolute atomic E-state index is 13.6. The van der Waals surface area contributed by atoms with Gasteiger partial charge >= 0.3 is 5.97 Å². The van der Waals surface area contributed by atoms with Gasteiger partial charge in [0.2, 0.25) is 5.91 Å². The molecule has 164 valence electrons. The Morgan fingerprint density at radius 1 is 1.16 bits per heavy atom. The summed E-state index contributed by atoms with van der Waals surface area (Å²) in [4.78, 5) is 40.7. The minimum atomic E-state index is -1.20. The predicted molar refractivity (Wildman–Crippen MR) is 115 cm³/mol. The Labute approximate surface area is 181 Å². The third-order valence-electron chi connectivity index (χ3n) is 6.48. The van der Waals surface area contributed by atoms with E-state index in [-0.39, 0.29) is 35.8 Å². The molecule has 0 unspecified atom stereocenters. The van der Waals surface area contributed by atoms with Crippen molar-refractivity contribution in [2.75, 3.05) is 12.0 Å². The molecule has 0 bridgehead atoms. The van der Waals surface area contributed by atoms with Crippen LogP contribution in [0.5, 0.6) is 0 Å². The molecule has 2 aliphatic rings. The largest absolute Gasteiger partial charge is 0.464 e. The van der Waals surface area contributed by atoms with E-state index in [1.54, 1.807) is 11.8 Å². The summed E-state index contributed by atoms with van der Waals surface area (Å²) in [6.45, 7) is 5.87. The highest BCUT2D eigenvalue weighted by Gasteiger charge is 2.49. The topological polar surface area (TPSA) is 93.5 Å². The summed E-state index contributed by atoms with van der Waals surface area (Å²) in [5, 5.41) is 7.40. The average molecular weight is 425 g/mol. The second-order valence-electron chi connectivity index (χ2n) is 8.70. The molecule has 1 aromatic heterocycles. The molecule has 1 atom stereocenters. The number of carbonyl (C=O) groups is 3. The molecule has 1 aromatic carbocycles. The van der Waals surface area contributed by atoms with Gasteiger partial charge < -0.3 is 10.1 Å². The van der Waals surface area contributed by atoms with E-state index >= 15 is 0 Å². The van der Waals surface area contributed by atoms with Crippen LogP contribution in [0.3, 0.4) is 0 Å². The van der Waals surface area contributed by atoms with E-state index in [1.807, 2.05) is 32.0 Å². The Balaban J connectivity index is 1.79. The normalized spacial score (nSPS) is 21.2. The molecule has 31 heavy (non-hydrogen) atoms. The number of esters is 1. The number of carbonyl (C=O) groups excluding carboxylic acids is 3. The molecule has 1 N–H and O–H groups in total. The van der Waals surface area contributed by atoms with E-state index in [2.05, 4.69) is 10.4 Å². The third-order valence-corrected chi connectivity index (χ3v) is 6.48. The average Bonchev–Trinajstić information content (AvgIpc) is 3.40. The molecule has 8 nitrogen and oxygen atoms in total. The van der Waals surface area contributed by atoms with Gasteiger partial charge in [0.25, 0.3) is 5.91 Å². The second kappa shape index (κ2) is 7.83. The molecule has 0 spiro atoms. The molecule has 2 aromatic rings. The molecule has 8 heteroatoms. The number of rotatable bonds is 4. The number of nitrogens with zero attached hydrogens (tertiary/aromatic N) is 3. The fourth-order valence-corrected chi connectivity index (χ4v) is 4.47. The first-order valence-corrected chi connectivity index (χ1v) is 10.6. The number of nitrogens with one attached hydrogen (secondary N) is 1. The van der Waals surface area contributed by atoms with Crippen LogP contribution in [-0.2, 0) is 16.1 Å². The quantitative estimate of drug-likeness (QED) is 0.762. The van der Waals surface area contributed by atoms with Gasteiger partial charge in [-0.15, -0.1) is 0 Å². The van der Waals surface area contributed by atoms with Crippen LogP contribution in [0.15, 0.2) is 24.3 Å². The number of methoxy groups -OCH3 is 1. The number of amides is 2. The molecule has 1 aliphatic carbocycles. The number of anilines is 1. The zero-order valence-corrected chi connectivity index (χ0v) is 18.4. The van der Waals surface area contributed by atoms with Crippen molar-refractivity contribution < 1.29 is 19.1 Å². The number of ether oxygens (including phenoxy) is 1. The van der Waals surface area contributed by atoms with Gasteiger partial charge in [0.15, 0.2) is 5.69 Å². The van der Waals surface area contributed by atoms with Gasteiger partial charge in [-0.05, 0) is 56.9 Å². The van der Waals surface area contributed by atoms with Crippen LogP contribution >= 0.6 is 0 Å². The molecular weight excluding hydrogens is 396 g/mol. The molecular formula is C23H28N4O4. The van der Waals surface area contributed by atoms with E-state index in [1.165, 1.54) is 17.9 Å². The highest BCUT2D eigenvalue weighted by Crippen LogP contribution is 2.34. The van der Waals surface area contributed by atoms with Crippen LogP contribution in [0.25, 0.3) is 0 Å². The first-order chi connectivity index (χ1) is 14.7. The monoisotopic (exact) mass is 424 g/mol. The fraction of sp³-hybridized carbons (Fsp3) is 0.478. The number of aromatic nitrogens is 2. The van der Waals surface area contributed by atoms with Crippen molar-refractivity contribution in [3.05, 3.63) is 46.8 Å². The Hall–Kier alpha value is -3.16. The van der Waals surface area contributed by atoms with Crippen molar-refractivity contribution in [3.8, 4) is 0 Å². The Morgan fingerprint density at radius 2 is 1.87 bits per heavy atom. The minimum Gasteiger partial charge on any atom is -0.464 e. The standard InChI is InChI=1S/C23H28N4O4/c1-14-9-10-17(11-15(14)2)27-20(28)19-12-18(21(29)31-4)25-26(19)13-23(27,3)22(30)24-16-7-5-6-8-16/h9-12,16H,5-8,13H2,1-4H3,(H,24,30)/t23-/m1/s1. The molecule has 4 rings (SSSR count). The smallest absolute Gasteiger partial charge is 0.358 e. The number of hydrogen-bond donors (Lipinski definition) is 1. The van der Waals surface area contributed by atoms with Crippen molar-refractivity contribution in [3.63, 3.8) is 0 Å². The zero-order valence-electron chi connectivity index (χ0n) is 18.4. The lowest BCUT2D eigenvalue weighted by atomic mass is 9.93. The van der Waals surface area contributed by atoms with Gasteiger partial charge in [-0.3, -0.25) is 19.2 Å². The molecule has 0 radical (unpaired) electrons. The SMILES string of the molecule is COC(=O)c1cc2n(n1)C[C@](C)(C(=O)NC1CCCC1)N(c1ccc(C)c(C)c1)C2=O. The summed E-state index contributed by atoms with van der Waals surface area (Å²) in [7, 11) is 1.27. The van der Waals surface area contributed by atoms with Crippen molar-refractivity contribution in [1.82, 2.24) is 15.1 Å². The number of benzene rings is 1. The van der Waals surface area contributed by atoms with Crippen molar-refractivity contribution in [1.29, 1.82) is 0 Å². The molecule has 2 heterocycles. The minimum absolute atomic E-state index is 0.0475. The van der Waals surface area contributed by atoms with E-state index in [0.29, 0.717) is 5.69 Å². The Bertz CT molecular complexity index is 1050. The summed E-state index contributed by atoms with van der Waals surface area (Å²) < 4.78 is 6.20. The summed E-state index contributed by atoms with van der Waals surface area (Å²) in [6, 6.07) is 7.26. The first-order valence-electron chi connectivity index (χ1n) is 10.6. The summed E-state index contributed by atoms with van der Waals surface area (Å²) >= 11 is 0.